The Bertz CT molecular complexity index is 793. The zero-order valence-electron chi connectivity index (χ0n) is 26.6. The fourth-order valence-electron chi connectivity index (χ4n) is 10.1. The monoisotopic (exact) mass is 524 g/mol. The van der Waals surface area contributed by atoms with Crippen molar-refractivity contribution in [2.45, 2.75) is 151 Å². The summed E-state index contributed by atoms with van der Waals surface area (Å²) < 4.78 is 6.46. The topological polar surface area (TPSA) is 9.23 Å². The van der Waals surface area contributed by atoms with Crippen molar-refractivity contribution in [1.82, 2.24) is 0 Å². The predicted octanol–water partition coefficient (Wildman–Crippen LogP) is 11.2. The van der Waals surface area contributed by atoms with E-state index in [1.165, 1.54) is 96.3 Å². The molecule has 0 saturated heterocycles. The van der Waals surface area contributed by atoms with E-state index < -0.39 is 0 Å². The van der Waals surface area contributed by atoms with Crippen LogP contribution < -0.4 is 0 Å². The molecule has 4 aliphatic rings. The number of fused-ring (bicyclic) bond motifs is 5. The van der Waals surface area contributed by atoms with Crippen LogP contribution in [-0.4, -0.2) is 12.7 Å². The Morgan fingerprint density at radius 1 is 0.895 bits per heavy atom. The Hall–Kier alpha value is -0.560. The number of hydrogen-bond donors (Lipinski definition) is 0. The lowest BCUT2D eigenvalue weighted by Crippen LogP contribution is -2.51. The molecule has 0 amide bonds. The van der Waals surface area contributed by atoms with Gasteiger partial charge in [0.05, 0.1) is 6.10 Å². The lowest BCUT2D eigenvalue weighted by Gasteiger charge is -2.58. The van der Waals surface area contributed by atoms with Crippen molar-refractivity contribution in [1.29, 1.82) is 0 Å². The number of allylic oxidation sites excluding steroid dienone is 3. The minimum atomic E-state index is 0.444. The molecule has 0 radical (unpaired) electrons. The minimum Gasteiger partial charge on any atom is -0.378 e. The van der Waals surface area contributed by atoms with E-state index in [1.807, 2.05) is 0 Å². The molecule has 218 valence electrons. The zero-order chi connectivity index (χ0) is 27.3. The van der Waals surface area contributed by atoms with Crippen LogP contribution in [0.15, 0.2) is 23.8 Å². The lowest BCUT2D eigenvalue weighted by molar-refractivity contribution is -0.0615. The van der Waals surface area contributed by atoms with Crippen LogP contribution >= 0.6 is 0 Å². The van der Waals surface area contributed by atoms with Crippen LogP contribution in [0.25, 0.3) is 0 Å². The average Bonchev–Trinajstić information content (AvgIpc) is 3.25. The highest BCUT2D eigenvalue weighted by Crippen LogP contribution is 2.67. The van der Waals surface area contributed by atoms with Gasteiger partial charge in [-0.3, -0.25) is 0 Å². The molecule has 0 spiro atoms. The Morgan fingerprint density at radius 2 is 1.66 bits per heavy atom. The van der Waals surface area contributed by atoms with Crippen molar-refractivity contribution < 1.29 is 4.74 Å². The number of rotatable bonds is 13. The van der Waals surface area contributed by atoms with Crippen LogP contribution in [0.2, 0.25) is 0 Å². The van der Waals surface area contributed by atoms with Gasteiger partial charge in [-0.2, -0.15) is 0 Å². The van der Waals surface area contributed by atoms with E-state index >= 15 is 0 Å². The SMILES string of the molecule is CCCCCCCCO[C@H]1CC[C@@]2(C)C(=CC[C@H]3[C@@H]4CC[C@H]([C@H](C)/C=C/[C@H](CC)C(C)C)[C@@]4(C)CC[C@@H]32)C1. The first-order valence-electron chi connectivity index (χ1n) is 17.2. The first kappa shape index (κ1) is 30.4. The quantitative estimate of drug-likeness (QED) is 0.172. The molecule has 0 aromatic carbocycles. The van der Waals surface area contributed by atoms with Crippen molar-refractivity contribution in [2.24, 2.45) is 52.3 Å². The van der Waals surface area contributed by atoms with Crippen LogP contribution in [-0.2, 0) is 4.74 Å². The second kappa shape index (κ2) is 13.4. The zero-order valence-corrected chi connectivity index (χ0v) is 26.6. The molecule has 0 N–H and O–H groups in total. The first-order valence-corrected chi connectivity index (χ1v) is 17.2. The fourth-order valence-corrected chi connectivity index (χ4v) is 10.1. The molecule has 0 unspecified atom stereocenters. The molecule has 1 nitrogen and oxygen atoms in total. The van der Waals surface area contributed by atoms with Crippen LogP contribution in [0.3, 0.4) is 0 Å². The Kier molecular flexibility index (Phi) is 10.7. The van der Waals surface area contributed by atoms with Gasteiger partial charge in [-0.1, -0.05) is 104 Å². The van der Waals surface area contributed by atoms with Gasteiger partial charge in [0.2, 0.25) is 0 Å². The van der Waals surface area contributed by atoms with Gasteiger partial charge < -0.3 is 4.74 Å². The van der Waals surface area contributed by atoms with E-state index in [1.54, 1.807) is 5.57 Å². The number of ether oxygens (including phenoxy) is 1. The standard InChI is InChI=1S/C37H64O/c1-8-10-11-12-13-14-25-38-31-21-23-36(6)30(26-31)17-18-32-34-20-19-33(37(34,7)24-22-35(32)36)28(5)15-16-29(9-2)27(3)4/h15-17,27-29,31-35H,8-14,18-26H2,1-7H3/b16-15+/t28-,29+,31+,32+,33-,34+,35+,36+,37-/m1/s1. The molecule has 1 heteroatoms. The van der Waals surface area contributed by atoms with Crippen LogP contribution in [0.5, 0.6) is 0 Å². The van der Waals surface area contributed by atoms with Gasteiger partial charge in [0.15, 0.2) is 0 Å². The van der Waals surface area contributed by atoms with Crippen molar-refractivity contribution in [3.63, 3.8) is 0 Å². The van der Waals surface area contributed by atoms with Crippen molar-refractivity contribution in [2.75, 3.05) is 6.61 Å². The molecule has 0 aromatic rings. The minimum absolute atomic E-state index is 0.444. The third-order valence-corrected chi connectivity index (χ3v) is 12.6. The molecule has 0 aliphatic heterocycles. The maximum atomic E-state index is 6.46. The number of hydrogen-bond acceptors (Lipinski definition) is 1. The molecule has 0 heterocycles. The maximum Gasteiger partial charge on any atom is 0.0612 e. The highest BCUT2D eigenvalue weighted by Gasteiger charge is 2.59. The normalized spacial score (nSPS) is 38.5. The smallest absolute Gasteiger partial charge is 0.0612 e. The first-order chi connectivity index (χ1) is 18.2. The van der Waals surface area contributed by atoms with Gasteiger partial charge in [-0.15, -0.1) is 0 Å². The van der Waals surface area contributed by atoms with E-state index in [2.05, 4.69) is 66.7 Å². The molecular formula is C37H64O. The third-order valence-electron chi connectivity index (χ3n) is 12.6. The average molecular weight is 525 g/mol. The molecule has 9 atom stereocenters. The summed E-state index contributed by atoms with van der Waals surface area (Å²) in [6, 6.07) is 0. The summed E-state index contributed by atoms with van der Waals surface area (Å²) in [5.74, 6) is 5.86. The molecule has 3 saturated carbocycles. The Morgan fingerprint density at radius 3 is 2.39 bits per heavy atom. The third kappa shape index (κ3) is 6.34. The Balaban J connectivity index is 1.35. The van der Waals surface area contributed by atoms with E-state index in [4.69, 9.17) is 4.74 Å². The largest absolute Gasteiger partial charge is 0.378 e. The molecule has 4 rings (SSSR count). The van der Waals surface area contributed by atoms with Crippen molar-refractivity contribution >= 4 is 0 Å². The van der Waals surface area contributed by atoms with E-state index in [0.717, 1.165) is 48.0 Å². The number of unbranched alkanes of at least 4 members (excludes halogenated alkanes) is 5. The second-order valence-electron chi connectivity index (χ2n) is 15.1. The summed E-state index contributed by atoms with van der Waals surface area (Å²) in [4.78, 5) is 0. The molecular weight excluding hydrogens is 460 g/mol. The van der Waals surface area contributed by atoms with Crippen molar-refractivity contribution in [3.8, 4) is 0 Å². The van der Waals surface area contributed by atoms with Crippen LogP contribution in [0.1, 0.15) is 145 Å². The molecule has 0 bridgehead atoms. The lowest BCUT2D eigenvalue weighted by atomic mass is 9.47. The van der Waals surface area contributed by atoms with Gasteiger partial charge in [0.25, 0.3) is 0 Å². The second-order valence-corrected chi connectivity index (χ2v) is 15.1. The van der Waals surface area contributed by atoms with Gasteiger partial charge >= 0.3 is 0 Å². The van der Waals surface area contributed by atoms with Gasteiger partial charge in [-0.05, 0) is 116 Å². The van der Waals surface area contributed by atoms with Gasteiger partial charge in [-0.25, -0.2) is 0 Å². The van der Waals surface area contributed by atoms with Crippen LogP contribution in [0, 0.1) is 52.3 Å². The molecule has 0 aromatic heterocycles. The summed E-state index contributed by atoms with van der Waals surface area (Å²) in [7, 11) is 0. The summed E-state index contributed by atoms with van der Waals surface area (Å²) in [6.07, 6.45) is 28.9. The van der Waals surface area contributed by atoms with E-state index in [0.29, 0.717) is 16.9 Å². The Labute approximate surface area is 238 Å². The molecule has 3 fully saturated rings. The van der Waals surface area contributed by atoms with Crippen LogP contribution in [0.4, 0.5) is 0 Å². The van der Waals surface area contributed by atoms with E-state index in [9.17, 15) is 0 Å². The highest BCUT2D eigenvalue weighted by atomic mass is 16.5. The summed E-state index contributed by atoms with van der Waals surface area (Å²) in [6.45, 7) is 18.3. The highest BCUT2D eigenvalue weighted by molar-refractivity contribution is 5.25. The van der Waals surface area contributed by atoms with Gasteiger partial charge in [0, 0.05) is 6.61 Å². The van der Waals surface area contributed by atoms with E-state index in [-0.39, 0.29) is 0 Å². The summed E-state index contributed by atoms with van der Waals surface area (Å²) in [5.41, 5.74) is 2.77. The molecule has 38 heavy (non-hydrogen) atoms. The summed E-state index contributed by atoms with van der Waals surface area (Å²) >= 11 is 0. The fraction of sp³-hybridized carbons (Fsp3) is 0.892. The summed E-state index contributed by atoms with van der Waals surface area (Å²) in [5, 5.41) is 0. The maximum absolute atomic E-state index is 6.46. The molecule has 4 aliphatic carbocycles. The predicted molar refractivity (Wildman–Crippen MR) is 165 cm³/mol. The van der Waals surface area contributed by atoms with Gasteiger partial charge in [0.1, 0.15) is 0 Å². The van der Waals surface area contributed by atoms with Crippen molar-refractivity contribution in [3.05, 3.63) is 23.8 Å².